The second-order valence-electron chi connectivity index (χ2n) is 5.65. The molecule has 0 fully saturated rings. The van der Waals surface area contributed by atoms with Crippen LogP contribution in [0.3, 0.4) is 0 Å². The normalized spacial score (nSPS) is 13.8. The van der Waals surface area contributed by atoms with Crippen molar-refractivity contribution in [1.82, 2.24) is 5.32 Å². The third-order valence-electron chi connectivity index (χ3n) is 3.26. The Bertz CT molecular complexity index is 729. The lowest BCUT2D eigenvalue weighted by atomic mass is 9.98. The molecule has 134 valence electrons. The maximum atomic E-state index is 12.5. The molecular weight excluding hydrogens is 338 g/mol. The van der Waals surface area contributed by atoms with E-state index in [2.05, 4.69) is 5.32 Å². The van der Waals surface area contributed by atoms with Crippen molar-refractivity contribution in [3.8, 4) is 5.75 Å². The van der Waals surface area contributed by atoms with E-state index in [0.717, 1.165) is 6.26 Å². The van der Waals surface area contributed by atoms with E-state index in [0.29, 0.717) is 0 Å². The Kier molecular flexibility index (Phi) is 6.33. The molecule has 24 heavy (non-hydrogen) atoms. The van der Waals surface area contributed by atoms with Gasteiger partial charge in [0.2, 0.25) is 0 Å². The molecule has 0 bridgehead atoms. The molecule has 1 aromatic rings. The molecule has 0 aliphatic heterocycles. The van der Waals surface area contributed by atoms with Crippen LogP contribution in [0.4, 0.5) is 0 Å². The number of nitrogens with one attached hydrogen (secondary N) is 1. The highest BCUT2D eigenvalue weighted by Crippen LogP contribution is 2.23. The second-order valence-corrected chi connectivity index (χ2v) is 7.67. The van der Waals surface area contributed by atoms with E-state index < -0.39 is 27.3 Å². The van der Waals surface area contributed by atoms with Crippen LogP contribution in [-0.2, 0) is 19.4 Å². The van der Waals surface area contributed by atoms with Crippen LogP contribution in [0.5, 0.6) is 5.75 Å². The lowest BCUT2D eigenvalue weighted by Crippen LogP contribution is -2.50. The molecule has 1 aromatic carbocycles. The van der Waals surface area contributed by atoms with Crippen molar-refractivity contribution in [1.29, 1.82) is 0 Å². The fraction of sp³-hybridized carbons (Fsp3) is 0.467. The Hall–Kier alpha value is -2.13. The average molecular weight is 359 g/mol. The van der Waals surface area contributed by atoms with Crippen LogP contribution < -0.4 is 10.1 Å². The van der Waals surface area contributed by atoms with Gasteiger partial charge in [-0.15, -0.1) is 0 Å². The van der Waals surface area contributed by atoms with E-state index in [1.165, 1.54) is 39.3 Å². The van der Waals surface area contributed by atoms with E-state index in [9.17, 15) is 18.0 Å². The maximum absolute atomic E-state index is 12.5. The first-order valence-corrected chi connectivity index (χ1v) is 8.83. The molecule has 0 saturated carbocycles. The number of hydrogen-bond donors (Lipinski definition) is 2. The number of carboxylic acid groups (broad SMARTS) is 1. The van der Waals surface area contributed by atoms with Gasteiger partial charge in [-0.25, -0.2) is 8.42 Å². The van der Waals surface area contributed by atoms with Crippen molar-refractivity contribution >= 4 is 21.7 Å². The molecule has 2 N–H and O–H groups in total. The fourth-order valence-corrected chi connectivity index (χ4v) is 2.87. The summed E-state index contributed by atoms with van der Waals surface area (Å²) >= 11 is 0. The first-order valence-electron chi connectivity index (χ1n) is 6.94. The van der Waals surface area contributed by atoms with Crippen molar-refractivity contribution in [2.45, 2.75) is 23.8 Å². The minimum absolute atomic E-state index is 0.00635. The van der Waals surface area contributed by atoms with E-state index in [-0.39, 0.29) is 29.2 Å². The highest BCUT2D eigenvalue weighted by Gasteiger charge is 2.31. The Morgan fingerprint density at radius 1 is 1.29 bits per heavy atom. The van der Waals surface area contributed by atoms with Crippen molar-refractivity contribution in [3.05, 3.63) is 23.8 Å². The number of methoxy groups -OCH3 is 2. The Labute approximate surface area is 140 Å². The van der Waals surface area contributed by atoms with Gasteiger partial charge in [-0.05, 0) is 25.1 Å². The number of ether oxygens (including phenoxy) is 2. The van der Waals surface area contributed by atoms with Gasteiger partial charge in [0.05, 0.1) is 36.1 Å². The number of aliphatic carboxylic acids is 1. The van der Waals surface area contributed by atoms with Gasteiger partial charge < -0.3 is 19.9 Å². The third kappa shape index (κ3) is 5.20. The Balaban J connectivity index is 3.23. The smallest absolute Gasteiger partial charge is 0.305 e. The predicted octanol–water partition coefficient (Wildman–Crippen LogP) is 0.708. The summed E-state index contributed by atoms with van der Waals surface area (Å²) in [7, 11) is -0.780. The van der Waals surface area contributed by atoms with Gasteiger partial charge in [0.1, 0.15) is 5.75 Å². The van der Waals surface area contributed by atoms with Gasteiger partial charge in [0.25, 0.3) is 5.91 Å². The molecule has 8 nitrogen and oxygen atoms in total. The van der Waals surface area contributed by atoms with Crippen molar-refractivity contribution in [2.75, 3.05) is 27.1 Å². The highest BCUT2D eigenvalue weighted by molar-refractivity contribution is 7.90. The highest BCUT2D eigenvalue weighted by atomic mass is 32.2. The van der Waals surface area contributed by atoms with Gasteiger partial charge in [0, 0.05) is 13.4 Å². The molecule has 1 atom stereocenters. The summed E-state index contributed by atoms with van der Waals surface area (Å²) in [4.78, 5) is 23.5. The molecular formula is C15H21NO7S. The summed E-state index contributed by atoms with van der Waals surface area (Å²) < 4.78 is 33.4. The van der Waals surface area contributed by atoms with Crippen molar-refractivity contribution in [2.24, 2.45) is 0 Å². The summed E-state index contributed by atoms with van der Waals surface area (Å²) in [5.41, 5.74) is -1.17. The van der Waals surface area contributed by atoms with Crippen molar-refractivity contribution in [3.63, 3.8) is 0 Å². The zero-order chi connectivity index (χ0) is 18.5. The quantitative estimate of drug-likeness (QED) is 0.701. The van der Waals surface area contributed by atoms with Crippen LogP contribution in [0.1, 0.15) is 23.7 Å². The number of rotatable bonds is 8. The van der Waals surface area contributed by atoms with E-state index >= 15 is 0 Å². The predicted molar refractivity (Wildman–Crippen MR) is 86.1 cm³/mol. The number of carbonyl (C=O) groups excluding carboxylic acids is 1. The molecule has 0 saturated heterocycles. The standard InChI is InChI=1S/C15H21NO7S/c1-15(9-22-2,8-13(17)18)16-14(19)11-7-10(24(4,20)21)5-6-12(11)23-3/h5-7H,8-9H2,1-4H3,(H,16,19)(H,17,18). The van der Waals surface area contributed by atoms with Crippen LogP contribution in [0.15, 0.2) is 23.1 Å². The zero-order valence-corrected chi connectivity index (χ0v) is 14.8. The summed E-state index contributed by atoms with van der Waals surface area (Å²) in [6.07, 6.45) is 0.663. The Morgan fingerprint density at radius 2 is 1.92 bits per heavy atom. The number of sulfone groups is 1. The molecule has 0 aliphatic carbocycles. The third-order valence-corrected chi connectivity index (χ3v) is 4.37. The molecule has 1 amide bonds. The lowest BCUT2D eigenvalue weighted by Gasteiger charge is -2.28. The maximum Gasteiger partial charge on any atom is 0.305 e. The van der Waals surface area contributed by atoms with Gasteiger partial charge in [-0.2, -0.15) is 0 Å². The van der Waals surface area contributed by atoms with E-state index in [4.69, 9.17) is 14.6 Å². The van der Waals surface area contributed by atoms with Crippen LogP contribution in [0, 0.1) is 0 Å². The monoisotopic (exact) mass is 359 g/mol. The molecule has 1 unspecified atom stereocenters. The first kappa shape index (κ1) is 19.9. The van der Waals surface area contributed by atoms with Gasteiger partial charge in [-0.1, -0.05) is 0 Å². The minimum atomic E-state index is -3.51. The molecule has 1 rings (SSSR count). The second kappa shape index (κ2) is 7.63. The van der Waals surface area contributed by atoms with E-state index in [1.54, 1.807) is 0 Å². The number of carbonyl (C=O) groups is 2. The van der Waals surface area contributed by atoms with Gasteiger partial charge in [-0.3, -0.25) is 9.59 Å². The first-order chi connectivity index (χ1) is 11.0. The number of hydrogen-bond acceptors (Lipinski definition) is 6. The van der Waals surface area contributed by atoms with Gasteiger partial charge in [0.15, 0.2) is 9.84 Å². The lowest BCUT2D eigenvalue weighted by molar-refractivity contribution is -0.139. The Morgan fingerprint density at radius 3 is 2.38 bits per heavy atom. The van der Waals surface area contributed by atoms with Crippen LogP contribution in [0.2, 0.25) is 0 Å². The number of benzene rings is 1. The molecule has 0 aliphatic rings. The topological polar surface area (TPSA) is 119 Å². The van der Waals surface area contributed by atoms with Crippen molar-refractivity contribution < 1.29 is 32.6 Å². The van der Waals surface area contributed by atoms with E-state index in [1.807, 2.05) is 0 Å². The zero-order valence-electron chi connectivity index (χ0n) is 14.0. The minimum Gasteiger partial charge on any atom is -0.496 e. The molecule has 0 aromatic heterocycles. The molecule has 0 heterocycles. The summed E-state index contributed by atoms with van der Waals surface area (Å²) in [6, 6.07) is 3.89. The fourth-order valence-electron chi connectivity index (χ4n) is 2.22. The summed E-state index contributed by atoms with van der Waals surface area (Å²) in [5.74, 6) is -1.58. The molecule has 0 spiro atoms. The van der Waals surface area contributed by atoms with Crippen LogP contribution >= 0.6 is 0 Å². The largest absolute Gasteiger partial charge is 0.496 e. The summed E-state index contributed by atoms with van der Waals surface area (Å²) in [5, 5.41) is 11.6. The summed E-state index contributed by atoms with van der Waals surface area (Å²) in [6.45, 7) is 1.49. The van der Waals surface area contributed by atoms with Crippen LogP contribution in [-0.4, -0.2) is 58.0 Å². The SMILES string of the molecule is COCC(C)(CC(=O)O)NC(=O)c1cc(S(C)(=O)=O)ccc1OC. The molecule has 0 radical (unpaired) electrons. The van der Waals surface area contributed by atoms with Gasteiger partial charge >= 0.3 is 5.97 Å². The average Bonchev–Trinajstić information content (AvgIpc) is 2.44. The molecule has 9 heteroatoms. The number of carboxylic acids is 1. The van der Waals surface area contributed by atoms with Crippen LogP contribution in [0.25, 0.3) is 0 Å². The number of amides is 1.